The first-order valence-electron chi connectivity index (χ1n) is 7.62. The lowest BCUT2D eigenvalue weighted by Gasteiger charge is -2.68. The van der Waals surface area contributed by atoms with Crippen molar-refractivity contribution in [1.29, 1.82) is 0 Å². The van der Waals surface area contributed by atoms with Crippen LogP contribution < -0.4 is 9.57 Å². The Morgan fingerprint density at radius 2 is 1.83 bits per heavy atom. The highest BCUT2D eigenvalue weighted by atomic mass is 32.1. The number of benzene rings is 1. The van der Waals surface area contributed by atoms with Gasteiger partial charge in [-0.3, -0.25) is 0 Å². The number of rotatable bonds is 4. The van der Waals surface area contributed by atoms with Gasteiger partial charge in [0.25, 0.3) is 0 Å². The Labute approximate surface area is 139 Å². The van der Waals surface area contributed by atoms with Crippen LogP contribution in [0.2, 0.25) is 0 Å². The number of carbonyl (C=O) groups is 1. The number of nitrogens with zero attached hydrogens (tertiary/aromatic N) is 1. The second-order valence-corrected chi connectivity index (χ2v) is 6.98. The van der Waals surface area contributed by atoms with Gasteiger partial charge in [0.1, 0.15) is 10.4 Å². The van der Waals surface area contributed by atoms with Crippen LogP contribution in [0.5, 0.6) is 5.75 Å². The molecule has 3 fully saturated rings. The predicted molar refractivity (Wildman–Crippen MR) is 87.8 cm³/mol. The van der Waals surface area contributed by atoms with Gasteiger partial charge in [0.2, 0.25) is 0 Å². The topological polar surface area (TPSA) is 40.5 Å². The largest absolute Gasteiger partial charge is 0.497 e. The van der Waals surface area contributed by atoms with Crippen molar-refractivity contribution in [1.82, 2.24) is 4.73 Å². The minimum atomic E-state index is -0.329. The van der Waals surface area contributed by atoms with Crippen LogP contribution in [0.15, 0.2) is 48.7 Å². The van der Waals surface area contributed by atoms with Gasteiger partial charge in [-0.25, -0.2) is 4.79 Å². The maximum atomic E-state index is 12.5. The summed E-state index contributed by atoms with van der Waals surface area (Å²) in [5.74, 6) is 0.683. The third-order valence-corrected chi connectivity index (χ3v) is 5.45. The molecule has 0 N–H and O–H groups in total. The highest BCUT2D eigenvalue weighted by Gasteiger charge is 2.73. The molecule has 0 saturated heterocycles. The van der Waals surface area contributed by atoms with E-state index in [1.807, 2.05) is 18.2 Å². The number of ether oxygens (including phenoxy) is 1. The average Bonchev–Trinajstić information content (AvgIpc) is 2.48. The molecule has 0 atom stereocenters. The van der Waals surface area contributed by atoms with Gasteiger partial charge in [0.15, 0.2) is 0 Å². The number of hydrogen-bond donors (Lipinski definition) is 0. The van der Waals surface area contributed by atoms with Gasteiger partial charge in [0.05, 0.1) is 12.5 Å². The van der Waals surface area contributed by atoms with Gasteiger partial charge >= 0.3 is 5.97 Å². The van der Waals surface area contributed by atoms with Crippen molar-refractivity contribution in [2.45, 2.75) is 24.7 Å². The summed E-state index contributed by atoms with van der Waals surface area (Å²) in [5.41, 5.74) is 1.10. The van der Waals surface area contributed by atoms with Crippen LogP contribution in [0.4, 0.5) is 0 Å². The van der Waals surface area contributed by atoms with Gasteiger partial charge in [0, 0.05) is 6.20 Å². The van der Waals surface area contributed by atoms with E-state index in [1.165, 1.54) is 10.3 Å². The molecule has 5 heteroatoms. The van der Waals surface area contributed by atoms with E-state index in [1.54, 1.807) is 25.4 Å². The van der Waals surface area contributed by atoms with Gasteiger partial charge < -0.3 is 9.57 Å². The van der Waals surface area contributed by atoms with Crippen molar-refractivity contribution in [2.75, 3.05) is 7.11 Å². The smallest absolute Gasteiger partial charge is 0.339 e. The fourth-order valence-electron chi connectivity index (χ4n) is 3.93. The Kier molecular flexibility index (Phi) is 3.10. The van der Waals surface area contributed by atoms with Crippen LogP contribution in [0.3, 0.4) is 0 Å². The average molecular weight is 327 g/mol. The second kappa shape index (κ2) is 4.93. The molecule has 1 aromatic carbocycles. The molecule has 0 aliphatic heterocycles. The molecular formula is C18H17NO3S. The summed E-state index contributed by atoms with van der Waals surface area (Å²) in [6.45, 7) is 0. The van der Waals surface area contributed by atoms with Crippen LogP contribution in [0.25, 0.3) is 0 Å². The fraction of sp³-hybridized carbons (Fsp3) is 0.333. The van der Waals surface area contributed by atoms with E-state index in [-0.39, 0.29) is 16.8 Å². The summed E-state index contributed by atoms with van der Waals surface area (Å²) in [6, 6.07) is 13.5. The molecule has 118 valence electrons. The summed E-state index contributed by atoms with van der Waals surface area (Å²) in [5, 5.41) is 0. The first-order chi connectivity index (χ1) is 11.1. The van der Waals surface area contributed by atoms with E-state index in [0.29, 0.717) is 4.64 Å². The normalized spacial score (nSPS) is 27.5. The molecule has 5 rings (SSSR count). The van der Waals surface area contributed by atoms with Crippen LogP contribution in [-0.2, 0) is 10.2 Å². The van der Waals surface area contributed by atoms with E-state index in [4.69, 9.17) is 21.8 Å². The van der Waals surface area contributed by atoms with Crippen LogP contribution in [-0.4, -0.2) is 17.8 Å². The molecule has 3 aliphatic rings. The van der Waals surface area contributed by atoms with Crippen molar-refractivity contribution in [2.24, 2.45) is 5.41 Å². The quantitative estimate of drug-likeness (QED) is 0.808. The third kappa shape index (κ3) is 2.10. The van der Waals surface area contributed by atoms with E-state index in [2.05, 4.69) is 12.1 Å². The van der Waals surface area contributed by atoms with Crippen molar-refractivity contribution in [3.05, 3.63) is 58.9 Å². The number of methoxy groups -OCH3 is 1. The SMILES string of the molecule is COc1ccc(C23CC(C(=O)On4ccccc4=S)(C2)C3)cc1. The lowest BCUT2D eigenvalue weighted by Crippen LogP contribution is -2.69. The number of hydrogen-bond acceptors (Lipinski definition) is 4. The summed E-state index contributed by atoms with van der Waals surface area (Å²) in [7, 11) is 1.66. The predicted octanol–water partition coefficient (Wildman–Crippen LogP) is 3.30. The summed E-state index contributed by atoms with van der Waals surface area (Å²) >= 11 is 5.16. The van der Waals surface area contributed by atoms with Crippen LogP contribution in [0.1, 0.15) is 24.8 Å². The first kappa shape index (κ1) is 14.5. The zero-order valence-corrected chi connectivity index (χ0v) is 13.6. The molecule has 3 saturated carbocycles. The molecule has 2 bridgehead atoms. The van der Waals surface area contributed by atoms with Crippen molar-refractivity contribution < 1.29 is 14.4 Å². The Balaban J connectivity index is 1.45. The second-order valence-electron chi connectivity index (χ2n) is 6.56. The number of pyridine rings is 1. The van der Waals surface area contributed by atoms with Crippen molar-refractivity contribution in [3.8, 4) is 5.75 Å². The van der Waals surface area contributed by atoms with E-state index >= 15 is 0 Å². The minimum absolute atomic E-state index is 0.142. The van der Waals surface area contributed by atoms with Crippen LogP contribution >= 0.6 is 12.2 Å². The van der Waals surface area contributed by atoms with Crippen molar-refractivity contribution >= 4 is 18.2 Å². The molecular weight excluding hydrogens is 310 g/mol. The standard InChI is InChI=1S/C18H17NO3S/c1-21-14-7-5-13(6-8-14)17-10-18(11-17,12-17)16(20)22-19-9-3-2-4-15(19)23/h2-9H,10-12H2,1H3. The first-order valence-corrected chi connectivity index (χ1v) is 8.03. The maximum absolute atomic E-state index is 12.5. The Hall–Kier alpha value is -2.14. The van der Waals surface area contributed by atoms with Gasteiger partial charge in [-0.1, -0.05) is 30.4 Å². The van der Waals surface area contributed by atoms with E-state index in [0.717, 1.165) is 25.0 Å². The number of carbonyl (C=O) groups excluding carboxylic acids is 1. The molecule has 0 spiro atoms. The Bertz CT molecular complexity index is 805. The van der Waals surface area contributed by atoms with Gasteiger partial charge in [-0.15, -0.1) is 0 Å². The molecule has 2 aromatic rings. The lowest BCUT2D eigenvalue weighted by atomic mass is 9.33. The van der Waals surface area contributed by atoms with Crippen molar-refractivity contribution in [3.63, 3.8) is 0 Å². The summed E-state index contributed by atoms with van der Waals surface area (Å²) < 4.78 is 7.07. The molecule has 0 amide bonds. The maximum Gasteiger partial charge on any atom is 0.339 e. The summed E-state index contributed by atoms with van der Waals surface area (Å²) in [6.07, 6.45) is 4.23. The highest BCUT2D eigenvalue weighted by molar-refractivity contribution is 7.71. The molecule has 4 nitrogen and oxygen atoms in total. The summed E-state index contributed by atoms with van der Waals surface area (Å²) in [4.78, 5) is 17.9. The van der Waals surface area contributed by atoms with E-state index < -0.39 is 0 Å². The molecule has 3 aliphatic carbocycles. The van der Waals surface area contributed by atoms with Gasteiger partial charge in [-0.2, -0.15) is 4.73 Å². The number of aromatic nitrogens is 1. The molecule has 1 aromatic heterocycles. The fourth-order valence-corrected chi connectivity index (χ4v) is 4.11. The third-order valence-electron chi connectivity index (χ3n) is 5.14. The Morgan fingerprint density at radius 1 is 1.13 bits per heavy atom. The minimum Gasteiger partial charge on any atom is -0.497 e. The Morgan fingerprint density at radius 3 is 2.43 bits per heavy atom. The highest BCUT2D eigenvalue weighted by Crippen LogP contribution is 2.73. The van der Waals surface area contributed by atoms with Gasteiger partial charge in [-0.05, 0) is 54.5 Å². The molecule has 0 radical (unpaired) electrons. The van der Waals surface area contributed by atoms with E-state index in [9.17, 15) is 4.79 Å². The zero-order chi connectivity index (χ0) is 16.1. The molecule has 0 unspecified atom stereocenters. The van der Waals surface area contributed by atoms with Crippen LogP contribution in [0, 0.1) is 10.1 Å². The lowest BCUT2D eigenvalue weighted by molar-refractivity contribution is -0.201. The zero-order valence-electron chi connectivity index (χ0n) is 12.8. The molecule has 1 heterocycles. The molecule has 23 heavy (non-hydrogen) atoms. The monoisotopic (exact) mass is 327 g/mol.